The molecule has 0 atom stereocenters. The smallest absolute Gasteiger partial charge is 0.145 e. The van der Waals surface area contributed by atoms with Gasteiger partial charge in [0.05, 0.1) is 11.9 Å². The molecule has 3 N–H and O–H groups in total. The Morgan fingerprint density at radius 1 is 0.958 bits per heavy atom. The maximum atomic E-state index is 8.19. The molecule has 0 aliphatic carbocycles. The number of hydrogen-bond acceptors (Lipinski definition) is 4. The zero-order valence-corrected chi connectivity index (χ0v) is 13.0. The number of pyridine rings is 1. The summed E-state index contributed by atoms with van der Waals surface area (Å²) in [5, 5.41) is 8.19. The van der Waals surface area contributed by atoms with Gasteiger partial charge < -0.3 is 15.9 Å². The second-order valence-corrected chi connectivity index (χ2v) is 5.17. The van der Waals surface area contributed by atoms with E-state index in [2.05, 4.69) is 4.98 Å². The van der Waals surface area contributed by atoms with Gasteiger partial charge in [0.25, 0.3) is 0 Å². The molecule has 4 nitrogen and oxygen atoms in total. The number of nitrogens with two attached hydrogens (primary N) is 1. The van der Waals surface area contributed by atoms with Crippen LogP contribution in [0.5, 0.6) is 11.5 Å². The third kappa shape index (κ3) is 3.67. The van der Waals surface area contributed by atoms with Crippen LogP contribution >= 0.6 is 0 Å². The van der Waals surface area contributed by atoms with Crippen molar-refractivity contribution < 1.29 is 4.74 Å². The molecule has 0 aliphatic heterocycles. The lowest BCUT2D eigenvalue weighted by atomic mass is 10.1. The first-order chi connectivity index (χ1) is 11.7. The van der Waals surface area contributed by atoms with Gasteiger partial charge >= 0.3 is 0 Å². The lowest BCUT2D eigenvalue weighted by Crippen LogP contribution is -2.03. The van der Waals surface area contributed by atoms with Gasteiger partial charge in [0.1, 0.15) is 11.5 Å². The van der Waals surface area contributed by atoms with Crippen molar-refractivity contribution in [3.63, 3.8) is 0 Å². The van der Waals surface area contributed by atoms with Crippen molar-refractivity contribution in [1.29, 1.82) is 5.41 Å². The molecular weight excluding hydrogens is 298 g/mol. The predicted octanol–water partition coefficient (Wildman–Crippen LogP) is 4.24. The molecule has 3 rings (SSSR count). The monoisotopic (exact) mass is 315 g/mol. The van der Waals surface area contributed by atoms with Crippen LogP contribution in [0, 0.1) is 5.41 Å². The van der Waals surface area contributed by atoms with Crippen LogP contribution in [0.3, 0.4) is 0 Å². The maximum absolute atomic E-state index is 8.19. The molecule has 4 heteroatoms. The Morgan fingerprint density at radius 2 is 1.71 bits per heavy atom. The van der Waals surface area contributed by atoms with E-state index in [1.54, 1.807) is 18.5 Å². The van der Waals surface area contributed by atoms with Crippen molar-refractivity contribution >= 4 is 11.4 Å². The Labute approximate surface area is 140 Å². The average Bonchev–Trinajstić information content (AvgIpc) is 2.63. The van der Waals surface area contributed by atoms with Gasteiger partial charge in [-0.1, -0.05) is 42.5 Å². The molecule has 118 valence electrons. The third-order valence-electron chi connectivity index (χ3n) is 3.44. The highest BCUT2D eigenvalue weighted by molar-refractivity contribution is 6.10. The molecule has 0 spiro atoms. The van der Waals surface area contributed by atoms with Gasteiger partial charge in [0.2, 0.25) is 0 Å². The van der Waals surface area contributed by atoms with E-state index >= 15 is 0 Å². The fourth-order valence-corrected chi connectivity index (χ4v) is 2.26. The first-order valence-electron chi connectivity index (χ1n) is 7.52. The van der Waals surface area contributed by atoms with E-state index in [1.807, 2.05) is 66.7 Å². The second kappa shape index (κ2) is 7.24. The summed E-state index contributed by atoms with van der Waals surface area (Å²) in [6, 6.07) is 20.6. The quantitative estimate of drug-likeness (QED) is 0.692. The van der Waals surface area contributed by atoms with E-state index in [1.165, 1.54) is 0 Å². The van der Waals surface area contributed by atoms with Crippen molar-refractivity contribution in [3.8, 4) is 11.5 Å². The summed E-state index contributed by atoms with van der Waals surface area (Å²) in [6.07, 6.45) is 4.97. The fourth-order valence-electron chi connectivity index (χ4n) is 2.26. The normalized spacial score (nSPS) is 11.1. The average molecular weight is 315 g/mol. The summed E-state index contributed by atoms with van der Waals surface area (Å²) >= 11 is 0. The van der Waals surface area contributed by atoms with Crippen LogP contribution in [-0.2, 0) is 0 Å². The molecule has 1 heterocycles. The SMILES string of the molecule is N=C(/C=C(\N)c1ccccc1Oc1cccnc1)c1ccccc1. The standard InChI is InChI=1S/C20H17N3O/c21-18(15-7-2-1-3-8-15)13-19(22)17-10-4-5-11-20(17)24-16-9-6-12-23-14-16/h1-14,21H,22H2/b19-13-,21-18?. The maximum Gasteiger partial charge on any atom is 0.145 e. The van der Waals surface area contributed by atoms with Gasteiger partial charge in [-0.15, -0.1) is 0 Å². The van der Waals surface area contributed by atoms with E-state index in [0.717, 1.165) is 11.1 Å². The summed E-state index contributed by atoms with van der Waals surface area (Å²) in [4.78, 5) is 4.04. The number of aromatic nitrogens is 1. The highest BCUT2D eigenvalue weighted by Gasteiger charge is 2.08. The number of ether oxygens (including phenoxy) is 1. The Kier molecular flexibility index (Phi) is 4.68. The van der Waals surface area contributed by atoms with Gasteiger partial charge in [0, 0.05) is 17.5 Å². The molecule has 1 aromatic heterocycles. The summed E-state index contributed by atoms with van der Waals surface area (Å²) in [5.74, 6) is 1.26. The van der Waals surface area contributed by atoms with E-state index < -0.39 is 0 Å². The number of rotatable bonds is 5. The highest BCUT2D eigenvalue weighted by atomic mass is 16.5. The van der Waals surface area contributed by atoms with Crippen molar-refractivity contribution in [2.24, 2.45) is 5.73 Å². The summed E-state index contributed by atoms with van der Waals surface area (Å²) in [6.45, 7) is 0. The van der Waals surface area contributed by atoms with E-state index in [-0.39, 0.29) is 0 Å². The van der Waals surface area contributed by atoms with Gasteiger partial charge in [-0.25, -0.2) is 0 Å². The molecule has 0 radical (unpaired) electrons. The topological polar surface area (TPSA) is 72.0 Å². The molecular formula is C20H17N3O. The lowest BCUT2D eigenvalue weighted by Gasteiger charge is -2.11. The number of para-hydroxylation sites is 1. The Bertz CT molecular complexity index is 858. The Hall–Kier alpha value is -3.40. The van der Waals surface area contributed by atoms with E-state index in [0.29, 0.717) is 22.9 Å². The molecule has 0 saturated heterocycles. The molecule has 0 fully saturated rings. The molecule has 2 aromatic carbocycles. The first kappa shape index (κ1) is 15.5. The van der Waals surface area contributed by atoms with Crippen LogP contribution in [0.15, 0.2) is 85.2 Å². The lowest BCUT2D eigenvalue weighted by molar-refractivity contribution is 0.478. The van der Waals surface area contributed by atoms with Gasteiger partial charge in [0.15, 0.2) is 0 Å². The molecule has 0 unspecified atom stereocenters. The van der Waals surface area contributed by atoms with E-state index in [4.69, 9.17) is 15.9 Å². The molecule has 0 aliphatic rings. The van der Waals surface area contributed by atoms with Crippen LogP contribution in [0.2, 0.25) is 0 Å². The number of allylic oxidation sites excluding steroid dienone is 1. The van der Waals surface area contributed by atoms with E-state index in [9.17, 15) is 0 Å². The zero-order chi connectivity index (χ0) is 16.8. The molecule has 0 amide bonds. The van der Waals surface area contributed by atoms with Crippen LogP contribution < -0.4 is 10.5 Å². The minimum atomic E-state index is 0.351. The van der Waals surface area contributed by atoms with Crippen molar-refractivity contribution in [3.05, 3.63) is 96.3 Å². The Morgan fingerprint density at radius 3 is 2.46 bits per heavy atom. The highest BCUT2D eigenvalue weighted by Crippen LogP contribution is 2.28. The molecule has 0 bridgehead atoms. The van der Waals surface area contributed by atoms with Gasteiger partial charge in [-0.05, 0) is 35.9 Å². The summed E-state index contributed by atoms with van der Waals surface area (Å²) in [5.41, 5.74) is 8.59. The summed E-state index contributed by atoms with van der Waals surface area (Å²) in [7, 11) is 0. The van der Waals surface area contributed by atoms with Crippen LogP contribution in [0.1, 0.15) is 11.1 Å². The number of nitrogens with one attached hydrogen (secondary N) is 1. The molecule has 3 aromatic rings. The summed E-state index contributed by atoms with van der Waals surface area (Å²) < 4.78 is 5.86. The van der Waals surface area contributed by atoms with Crippen molar-refractivity contribution in [2.75, 3.05) is 0 Å². The number of benzene rings is 2. The minimum Gasteiger partial charge on any atom is -0.455 e. The zero-order valence-electron chi connectivity index (χ0n) is 13.0. The minimum absolute atomic E-state index is 0.351. The number of hydrogen-bond donors (Lipinski definition) is 2. The van der Waals surface area contributed by atoms with Crippen molar-refractivity contribution in [1.82, 2.24) is 4.98 Å². The largest absolute Gasteiger partial charge is 0.455 e. The van der Waals surface area contributed by atoms with Crippen LogP contribution in [-0.4, -0.2) is 10.7 Å². The number of nitrogens with zero attached hydrogens (tertiary/aromatic N) is 1. The predicted molar refractivity (Wildman–Crippen MR) is 96.2 cm³/mol. The second-order valence-electron chi connectivity index (χ2n) is 5.17. The molecule has 0 saturated carbocycles. The third-order valence-corrected chi connectivity index (χ3v) is 3.44. The molecule has 24 heavy (non-hydrogen) atoms. The van der Waals surface area contributed by atoms with Crippen LogP contribution in [0.25, 0.3) is 5.70 Å². The fraction of sp³-hybridized carbons (Fsp3) is 0. The van der Waals surface area contributed by atoms with Gasteiger partial charge in [-0.2, -0.15) is 0 Å². The van der Waals surface area contributed by atoms with Crippen molar-refractivity contribution in [2.45, 2.75) is 0 Å². The van der Waals surface area contributed by atoms with Gasteiger partial charge in [-0.3, -0.25) is 4.98 Å². The first-order valence-corrected chi connectivity index (χ1v) is 7.52. The Balaban J connectivity index is 1.89. The van der Waals surface area contributed by atoms with Crippen LogP contribution in [0.4, 0.5) is 0 Å².